The summed E-state index contributed by atoms with van der Waals surface area (Å²) in [6, 6.07) is 1.15. The molecule has 0 bridgehead atoms. The molecule has 2 rings (SSSR count). The van der Waals surface area contributed by atoms with Crippen LogP contribution in [-0.2, 0) is 0 Å². The van der Waals surface area contributed by atoms with Crippen LogP contribution in [0.4, 0.5) is 8.78 Å². The molecule has 17 heavy (non-hydrogen) atoms. The molecule has 0 spiro atoms. The van der Waals surface area contributed by atoms with Crippen LogP contribution >= 0.6 is 0 Å². The molecule has 2 fully saturated rings. The maximum Gasteiger partial charge on any atom is 0.251 e. The molecule has 1 aliphatic heterocycles. The van der Waals surface area contributed by atoms with Gasteiger partial charge in [0, 0.05) is 12.1 Å². The minimum Gasteiger partial charge on any atom is -0.311 e. The van der Waals surface area contributed by atoms with Gasteiger partial charge in [-0.15, -0.1) is 0 Å². The molecular weight excluding hydrogens is 222 g/mol. The van der Waals surface area contributed by atoms with Gasteiger partial charge >= 0.3 is 0 Å². The first-order chi connectivity index (χ1) is 8.15. The highest BCUT2D eigenvalue weighted by Gasteiger charge is 2.27. The maximum atomic E-state index is 12.2. The van der Waals surface area contributed by atoms with Gasteiger partial charge in [0.1, 0.15) is 0 Å². The van der Waals surface area contributed by atoms with Crippen LogP contribution in [0.2, 0.25) is 0 Å². The van der Waals surface area contributed by atoms with Gasteiger partial charge in [-0.25, -0.2) is 8.78 Å². The van der Waals surface area contributed by atoms with Gasteiger partial charge in [-0.2, -0.15) is 0 Å². The van der Waals surface area contributed by atoms with Crippen LogP contribution in [0, 0.1) is 5.92 Å². The highest BCUT2D eigenvalue weighted by molar-refractivity contribution is 4.85. The van der Waals surface area contributed by atoms with Crippen LogP contribution in [0.5, 0.6) is 0 Å². The van der Waals surface area contributed by atoms with E-state index in [-0.39, 0.29) is 6.54 Å². The van der Waals surface area contributed by atoms with E-state index in [4.69, 9.17) is 0 Å². The molecule has 2 aliphatic rings. The molecule has 2 nitrogen and oxygen atoms in total. The third-order valence-electron chi connectivity index (χ3n) is 4.34. The number of alkyl halides is 2. The standard InChI is InChI=1S/C13H24F2N2/c1-10(11-3-2-4-11)16-12-5-7-17(8-6-12)9-13(14)15/h10-13,16H,2-9H2,1H3. The smallest absolute Gasteiger partial charge is 0.251 e. The molecule has 4 heteroatoms. The van der Waals surface area contributed by atoms with E-state index in [1.807, 2.05) is 4.90 Å². The summed E-state index contributed by atoms with van der Waals surface area (Å²) in [5, 5.41) is 3.68. The Labute approximate surface area is 103 Å². The third kappa shape index (κ3) is 3.88. The molecule has 100 valence electrons. The van der Waals surface area contributed by atoms with Crippen molar-refractivity contribution in [2.24, 2.45) is 5.92 Å². The summed E-state index contributed by atoms with van der Waals surface area (Å²) < 4.78 is 24.5. The van der Waals surface area contributed by atoms with E-state index in [1.165, 1.54) is 19.3 Å². The van der Waals surface area contributed by atoms with Gasteiger partial charge in [-0.3, -0.25) is 4.90 Å². The SMILES string of the molecule is CC(NC1CCN(CC(F)F)CC1)C1CCC1. The van der Waals surface area contributed by atoms with E-state index in [1.54, 1.807) is 0 Å². The van der Waals surface area contributed by atoms with E-state index in [9.17, 15) is 8.78 Å². The highest BCUT2D eigenvalue weighted by Crippen LogP contribution is 2.30. The Kier molecular flexibility index (Phi) is 4.74. The van der Waals surface area contributed by atoms with E-state index in [2.05, 4.69) is 12.2 Å². The highest BCUT2D eigenvalue weighted by atomic mass is 19.3. The zero-order chi connectivity index (χ0) is 12.3. The lowest BCUT2D eigenvalue weighted by Crippen LogP contribution is -2.49. The normalized spacial score (nSPS) is 26.1. The van der Waals surface area contributed by atoms with Gasteiger partial charge in [0.2, 0.25) is 0 Å². The number of likely N-dealkylation sites (tertiary alicyclic amines) is 1. The number of nitrogens with zero attached hydrogens (tertiary/aromatic N) is 1. The first kappa shape index (κ1) is 13.2. The van der Waals surface area contributed by atoms with Crippen LogP contribution in [0.1, 0.15) is 39.0 Å². The summed E-state index contributed by atoms with van der Waals surface area (Å²) in [4.78, 5) is 1.89. The number of piperidine rings is 1. The van der Waals surface area contributed by atoms with Crippen molar-refractivity contribution in [3.05, 3.63) is 0 Å². The van der Waals surface area contributed by atoms with Crippen LogP contribution in [0.15, 0.2) is 0 Å². The summed E-state index contributed by atoms with van der Waals surface area (Å²) in [7, 11) is 0. The van der Waals surface area contributed by atoms with Crippen LogP contribution in [0.3, 0.4) is 0 Å². The number of hydrogen-bond donors (Lipinski definition) is 1. The van der Waals surface area contributed by atoms with Crippen LogP contribution in [0.25, 0.3) is 0 Å². The lowest BCUT2D eigenvalue weighted by atomic mass is 9.80. The Hall–Kier alpha value is -0.220. The van der Waals surface area contributed by atoms with Gasteiger partial charge in [0.15, 0.2) is 0 Å². The Bertz CT molecular complexity index is 223. The number of halogens is 2. The van der Waals surface area contributed by atoms with Crippen molar-refractivity contribution in [2.45, 2.75) is 57.5 Å². The molecule has 1 N–H and O–H groups in total. The van der Waals surface area contributed by atoms with Crippen molar-refractivity contribution in [1.82, 2.24) is 10.2 Å². The molecular formula is C13H24F2N2. The summed E-state index contributed by atoms with van der Waals surface area (Å²) in [6.07, 6.45) is 3.95. The largest absolute Gasteiger partial charge is 0.311 e. The second-order valence-corrected chi connectivity index (χ2v) is 5.61. The van der Waals surface area contributed by atoms with Crippen molar-refractivity contribution in [1.29, 1.82) is 0 Å². The molecule has 0 aromatic rings. The second kappa shape index (κ2) is 6.10. The molecule has 0 aromatic carbocycles. The monoisotopic (exact) mass is 246 g/mol. The zero-order valence-corrected chi connectivity index (χ0v) is 10.7. The van der Waals surface area contributed by atoms with E-state index < -0.39 is 6.43 Å². The fraction of sp³-hybridized carbons (Fsp3) is 1.00. The minimum absolute atomic E-state index is 0.0507. The van der Waals surface area contributed by atoms with Gasteiger partial charge in [0.25, 0.3) is 6.43 Å². The van der Waals surface area contributed by atoms with Crippen molar-refractivity contribution >= 4 is 0 Å². The Balaban J connectivity index is 1.64. The summed E-state index contributed by atoms with van der Waals surface area (Å²) in [6.45, 7) is 3.86. The lowest BCUT2D eigenvalue weighted by Gasteiger charge is -2.38. The Morgan fingerprint density at radius 3 is 2.29 bits per heavy atom. The van der Waals surface area contributed by atoms with E-state index in [0.717, 1.165) is 31.8 Å². The first-order valence-electron chi connectivity index (χ1n) is 6.91. The van der Waals surface area contributed by atoms with Crippen molar-refractivity contribution in [2.75, 3.05) is 19.6 Å². The molecule has 0 amide bonds. The summed E-state index contributed by atoms with van der Waals surface area (Å²) >= 11 is 0. The van der Waals surface area contributed by atoms with Crippen molar-refractivity contribution in [3.63, 3.8) is 0 Å². The summed E-state index contributed by atoms with van der Waals surface area (Å²) in [5.74, 6) is 0.856. The maximum absolute atomic E-state index is 12.2. The number of rotatable bonds is 5. The zero-order valence-electron chi connectivity index (χ0n) is 10.7. The molecule has 0 radical (unpaired) electrons. The average molecular weight is 246 g/mol. The fourth-order valence-electron chi connectivity index (χ4n) is 2.93. The number of hydrogen-bond acceptors (Lipinski definition) is 2. The van der Waals surface area contributed by atoms with E-state index in [0.29, 0.717) is 12.1 Å². The predicted molar refractivity (Wildman–Crippen MR) is 65.4 cm³/mol. The Morgan fingerprint density at radius 1 is 1.18 bits per heavy atom. The molecule has 1 unspecified atom stereocenters. The lowest BCUT2D eigenvalue weighted by molar-refractivity contribution is 0.0703. The average Bonchev–Trinajstić information content (AvgIpc) is 2.17. The van der Waals surface area contributed by atoms with Gasteiger partial charge in [-0.1, -0.05) is 6.42 Å². The van der Waals surface area contributed by atoms with E-state index >= 15 is 0 Å². The van der Waals surface area contributed by atoms with Crippen LogP contribution in [-0.4, -0.2) is 43.0 Å². The summed E-state index contributed by atoms with van der Waals surface area (Å²) in [5.41, 5.74) is 0. The van der Waals surface area contributed by atoms with Crippen molar-refractivity contribution in [3.8, 4) is 0 Å². The topological polar surface area (TPSA) is 15.3 Å². The van der Waals surface area contributed by atoms with Crippen LogP contribution < -0.4 is 5.32 Å². The van der Waals surface area contributed by atoms with Crippen molar-refractivity contribution < 1.29 is 8.78 Å². The molecule has 1 saturated heterocycles. The molecule has 1 aliphatic carbocycles. The third-order valence-corrected chi connectivity index (χ3v) is 4.34. The Morgan fingerprint density at radius 2 is 1.82 bits per heavy atom. The molecule has 0 aromatic heterocycles. The number of nitrogens with one attached hydrogen (secondary N) is 1. The van der Waals surface area contributed by atoms with Gasteiger partial charge in [-0.05, 0) is 51.6 Å². The fourth-order valence-corrected chi connectivity index (χ4v) is 2.93. The first-order valence-corrected chi connectivity index (χ1v) is 6.91. The van der Waals surface area contributed by atoms with Gasteiger partial charge in [0.05, 0.1) is 6.54 Å². The van der Waals surface area contributed by atoms with Gasteiger partial charge < -0.3 is 5.32 Å². The quantitative estimate of drug-likeness (QED) is 0.802. The second-order valence-electron chi connectivity index (χ2n) is 5.61. The molecule has 1 atom stereocenters. The minimum atomic E-state index is -2.19. The molecule has 1 heterocycles. The molecule has 1 saturated carbocycles. The predicted octanol–water partition coefficient (Wildman–Crippen LogP) is 2.49.